The summed E-state index contributed by atoms with van der Waals surface area (Å²) in [5.74, 6) is 5.05. The van der Waals surface area contributed by atoms with Gasteiger partial charge in [-0.15, -0.1) is 0 Å². The van der Waals surface area contributed by atoms with Crippen LogP contribution in [-0.2, 0) is 4.79 Å². The van der Waals surface area contributed by atoms with Gasteiger partial charge in [0.2, 0.25) is 0 Å². The average molecular weight is 304 g/mol. The van der Waals surface area contributed by atoms with E-state index in [0.717, 1.165) is 5.69 Å². The van der Waals surface area contributed by atoms with Gasteiger partial charge in [0.15, 0.2) is 0 Å². The van der Waals surface area contributed by atoms with Gasteiger partial charge < -0.3 is 20.3 Å². The molecule has 0 aromatic heterocycles. The number of amides is 2. The number of aliphatic hydroxyl groups is 1. The maximum Gasteiger partial charge on any atom is 0.254 e. The zero-order valence-corrected chi connectivity index (χ0v) is 12.3. The Morgan fingerprint density at radius 3 is 2.09 bits per heavy atom. The van der Waals surface area contributed by atoms with Crippen molar-refractivity contribution in [1.82, 2.24) is 9.80 Å². The second kappa shape index (κ2) is 5.58. The van der Waals surface area contributed by atoms with Crippen LogP contribution >= 0.6 is 0 Å². The third-order valence-electron chi connectivity index (χ3n) is 4.27. The van der Waals surface area contributed by atoms with Crippen LogP contribution in [0, 0.1) is 0 Å². The molecule has 1 heterocycles. The van der Waals surface area contributed by atoms with E-state index < -0.39 is 5.60 Å². The average Bonchev–Trinajstić information content (AvgIpc) is 3.32. The standard InChI is InChI=1S/C15H20N4O3/c16-17-12-3-1-11(2-4-12)13(20)18-7-9-19(10-8-18)14(21)15(22)5-6-15/h1-4,17,22H,5-10,16H2. The number of nitrogens with zero attached hydrogens (tertiary/aromatic N) is 2. The summed E-state index contributed by atoms with van der Waals surface area (Å²) in [5.41, 5.74) is 2.73. The summed E-state index contributed by atoms with van der Waals surface area (Å²) in [6.45, 7) is 1.90. The van der Waals surface area contributed by atoms with E-state index in [4.69, 9.17) is 5.84 Å². The topological polar surface area (TPSA) is 98.9 Å². The van der Waals surface area contributed by atoms with Crippen LogP contribution in [0.2, 0.25) is 0 Å². The van der Waals surface area contributed by atoms with Gasteiger partial charge in [-0.05, 0) is 37.1 Å². The molecule has 7 heteroatoms. The molecule has 2 fully saturated rings. The lowest BCUT2D eigenvalue weighted by Crippen LogP contribution is -2.53. The van der Waals surface area contributed by atoms with Gasteiger partial charge in [-0.3, -0.25) is 15.4 Å². The summed E-state index contributed by atoms with van der Waals surface area (Å²) in [7, 11) is 0. The van der Waals surface area contributed by atoms with Gasteiger partial charge in [0, 0.05) is 37.4 Å². The van der Waals surface area contributed by atoms with Gasteiger partial charge in [0.25, 0.3) is 11.8 Å². The monoisotopic (exact) mass is 304 g/mol. The molecule has 4 N–H and O–H groups in total. The largest absolute Gasteiger partial charge is 0.380 e. The highest BCUT2D eigenvalue weighted by molar-refractivity contribution is 5.95. The number of benzene rings is 1. The third-order valence-corrected chi connectivity index (χ3v) is 4.27. The lowest BCUT2D eigenvalue weighted by Gasteiger charge is -2.35. The highest BCUT2D eigenvalue weighted by atomic mass is 16.3. The third kappa shape index (κ3) is 2.77. The summed E-state index contributed by atoms with van der Waals surface area (Å²) in [5, 5.41) is 9.86. The van der Waals surface area contributed by atoms with E-state index in [1.807, 2.05) is 0 Å². The summed E-state index contributed by atoms with van der Waals surface area (Å²) < 4.78 is 0. The van der Waals surface area contributed by atoms with E-state index in [9.17, 15) is 14.7 Å². The lowest BCUT2D eigenvalue weighted by molar-refractivity contribution is -0.143. The number of rotatable bonds is 3. The van der Waals surface area contributed by atoms with E-state index in [1.54, 1.807) is 34.1 Å². The van der Waals surface area contributed by atoms with Gasteiger partial charge in [0.05, 0.1) is 0 Å². The molecule has 0 bridgehead atoms. The van der Waals surface area contributed by atoms with Crippen LogP contribution in [0.15, 0.2) is 24.3 Å². The van der Waals surface area contributed by atoms with Gasteiger partial charge >= 0.3 is 0 Å². The van der Waals surface area contributed by atoms with Crippen molar-refractivity contribution in [2.45, 2.75) is 18.4 Å². The van der Waals surface area contributed by atoms with Crippen LogP contribution < -0.4 is 11.3 Å². The smallest absolute Gasteiger partial charge is 0.254 e. The number of hydrogen-bond donors (Lipinski definition) is 3. The highest BCUT2D eigenvalue weighted by Crippen LogP contribution is 2.37. The molecule has 0 radical (unpaired) electrons. The summed E-state index contributed by atoms with van der Waals surface area (Å²) in [6, 6.07) is 6.94. The fraction of sp³-hybridized carbons (Fsp3) is 0.467. The number of carbonyl (C=O) groups excluding carboxylic acids is 2. The van der Waals surface area contributed by atoms with Gasteiger partial charge in [-0.25, -0.2) is 0 Å². The Morgan fingerprint density at radius 2 is 1.59 bits per heavy atom. The SMILES string of the molecule is NNc1ccc(C(=O)N2CCN(C(=O)C3(O)CC3)CC2)cc1. The van der Waals surface area contributed by atoms with Crippen molar-refractivity contribution in [1.29, 1.82) is 0 Å². The van der Waals surface area contributed by atoms with E-state index in [1.165, 1.54) is 0 Å². The van der Waals surface area contributed by atoms with Crippen LogP contribution in [0.4, 0.5) is 5.69 Å². The Bertz CT molecular complexity index is 575. The van der Waals surface area contributed by atoms with Crippen LogP contribution in [0.1, 0.15) is 23.2 Å². The Morgan fingerprint density at radius 1 is 1.05 bits per heavy atom. The number of nitrogen functional groups attached to an aromatic ring is 1. The Hall–Kier alpha value is -2.12. The number of piperazine rings is 1. The van der Waals surface area contributed by atoms with E-state index in [2.05, 4.69) is 5.43 Å². The molecule has 2 aliphatic rings. The van der Waals surface area contributed by atoms with Crippen molar-refractivity contribution in [2.75, 3.05) is 31.6 Å². The predicted molar refractivity (Wildman–Crippen MR) is 80.9 cm³/mol. The molecule has 1 saturated heterocycles. The summed E-state index contributed by atoms with van der Waals surface area (Å²) in [4.78, 5) is 27.8. The van der Waals surface area contributed by atoms with Crippen molar-refractivity contribution < 1.29 is 14.7 Å². The van der Waals surface area contributed by atoms with Crippen LogP contribution in [0.5, 0.6) is 0 Å². The molecule has 0 spiro atoms. The van der Waals surface area contributed by atoms with Crippen LogP contribution in [0.25, 0.3) is 0 Å². The lowest BCUT2D eigenvalue weighted by atomic mass is 10.1. The van der Waals surface area contributed by atoms with Crippen molar-refractivity contribution in [3.63, 3.8) is 0 Å². The van der Waals surface area contributed by atoms with Crippen molar-refractivity contribution in [2.24, 2.45) is 5.84 Å². The number of carbonyl (C=O) groups is 2. The zero-order chi connectivity index (χ0) is 15.7. The molecule has 1 aliphatic heterocycles. The predicted octanol–water partition coefficient (Wildman–Crippen LogP) is -0.218. The minimum Gasteiger partial charge on any atom is -0.380 e. The maximum absolute atomic E-state index is 12.4. The van der Waals surface area contributed by atoms with Gasteiger partial charge in [-0.2, -0.15) is 0 Å². The second-order valence-electron chi connectivity index (χ2n) is 5.84. The molecule has 1 aromatic carbocycles. The molecular formula is C15H20N4O3. The first-order chi connectivity index (χ1) is 10.5. The Balaban J connectivity index is 1.58. The molecule has 7 nitrogen and oxygen atoms in total. The molecule has 0 unspecified atom stereocenters. The van der Waals surface area contributed by atoms with Crippen molar-refractivity contribution in [3.8, 4) is 0 Å². The van der Waals surface area contributed by atoms with Gasteiger partial charge in [-0.1, -0.05) is 0 Å². The minimum atomic E-state index is -1.13. The van der Waals surface area contributed by atoms with E-state index in [0.29, 0.717) is 44.6 Å². The molecule has 1 aliphatic carbocycles. The second-order valence-corrected chi connectivity index (χ2v) is 5.84. The first-order valence-corrected chi connectivity index (χ1v) is 7.41. The van der Waals surface area contributed by atoms with Crippen molar-refractivity contribution >= 4 is 17.5 Å². The molecule has 118 valence electrons. The normalized spacial score (nSPS) is 19.7. The number of hydrazine groups is 1. The Labute approximate surface area is 128 Å². The molecular weight excluding hydrogens is 284 g/mol. The number of nitrogens with one attached hydrogen (secondary N) is 1. The van der Waals surface area contributed by atoms with Crippen LogP contribution in [0.3, 0.4) is 0 Å². The summed E-state index contributed by atoms with van der Waals surface area (Å²) in [6.07, 6.45) is 1.10. The maximum atomic E-state index is 12.4. The first-order valence-electron chi connectivity index (χ1n) is 7.41. The minimum absolute atomic E-state index is 0.0548. The number of hydrogen-bond acceptors (Lipinski definition) is 5. The molecule has 0 atom stereocenters. The number of anilines is 1. The molecule has 22 heavy (non-hydrogen) atoms. The molecule has 1 aromatic rings. The quantitative estimate of drug-likeness (QED) is 0.530. The zero-order valence-electron chi connectivity index (χ0n) is 12.3. The fourth-order valence-corrected chi connectivity index (χ4v) is 2.63. The van der Waals surface area contributed by atoms with Crippen LogP contribution in [-0.4, -0.2) is 58.5 Å². The molecule has 2 amide bonds. The Kier molecular flexibility index (Phi) is 3.76. The van der Waals surface area contributed by atoms with Gasteiger partial charge in [0.1, 0.15) is 5.60 Å². The highest BCUT2D eigenvalue weighted by Gasteiger charge is 2.50. The summed E-state index contributed by atoms with van der Waals surface area (Å²) >= 11 is 0. The van der Waals surface area contributed by atoms with E-state index in [-0.39, 0.29) is 11.8 Å². The van der Waals surface area contributed by atoms with Crippen molar-refractivity contribution in [3.05, 3.63) is 29.8 Å². The number of nitrogens with two attached hydrogens (primary N) is 1. The fourth-order valence-electron chi connectivity index (χ4n) is 2.63. The van der Waals surface area contributed by atoms with E-state index >= 15 is 0 Å². The molecule has 1 saturated carbocycles. The first kappa shape index (κ1) is 14.8. The molecule has 3 rings (SSSR count).